The number of hydrogen-bond donors (Lipinski definition) is 0. The molecule has 1 spiro atoms. The molecule has 0 amide bonds. The lowest BCUT2D eigenvalue weighted by Gasteiger charge is -2.30. The highest BCUT2D eigenvalue weighted by atomic mass is 14.9. The van der Waals surface area contributed by atoms with E-state index in [1.54, 1.807) is 5.57 Å². The van der Waals surface area contributed by atoms with Gasteiger partial charge < -0.3 is 0 Å². The first-order valence-corrected chi connectivity index (χ1v) is 19.8. The fourth-order valence-electron chi connectivity index (χ4n) is 9.63. The van der Waals surface area contributed by atoms with E-state index in [0.717, 1.165) is 40.3 Å². The number of fused-ring (bicyclic) bond motifs is 10. The van der Waals surface area contributed by atoms with E-state index in [1.807, 2.05) is 0 Å². The van der Waals surface area contributed by atoms with Crippen LogP contribution in [-0.2, 0) is 5.41 Å². The van der Waals surface area contributed by atoms with Crippen LogP contribution in [0, 0.1) is 17.8 Å². The summed E-state index contributed by atoms with van der Waals surface area (Å²) in [5.74, 6) is 2.38. The molecular formula is C53H44N2. The van der Waals surface area contributed by atoms with Gasteiger partial charge in [-0.3, -0.25) is 0 Å². The lowest BCUT2D eigenvalue weighted by Crippen LogP contribution is -2.25. The third kappa shape index (κ3) is 5.23. The minimum atomic E-state index is -0.419. The molecule has 0 aliphatic heterocycles. The van der Waals surface area contributed by atoms with Crippen LogP contribution in [0.1, 0.15) is 61.9 Å². The van der Waals surface area contributed by atoms with Gasteiger partial charge in [0.2, 0.25) is 0 Å². The van der Waals surface area contributed by atoms with Gasteiger partial charge in [0.1, 0.15) is 0 Å². The fraction of sp³-hybridized carbons (Fsp3) is 0.170. The van der Waals surface area contributed by atoms with Gasteiger partial charge in [-0.1, -0.05) is 185 Å². The molecule has 0 N–H and O–H groups in total. The van der Waals surface area contributed by atoms with Gasteiger partial charge in [0, 0.05) is 16.7 Å². The highest BCUT2D eigenvalue weighted by Crippen LogP contribution is 2.63. The van der Waals surface area contributed by atoms with Crippen molar-refractivity contribution in [2.45, 2.75) is 39.5 Å². The van der Waals surface area contributed by atoms with Crippen molar-refractivity contribution < 1.29 is 0 Å². The highest BCUT2D eigenvalue weighted by Gasteiger charge is 2.51. The second kappa shape index (κ2) is 13.0. The summed E-state index contributed by atoms with van der Waals surface area (Å²) in [5.41, 5.74) is 19.3. The second-order valence-corrected chi connectivity index (χ2v) is 16.1. The number of allylic oxidation sites excluding steroid dienone is 4. The first-order valence-electron chi connectivity index (χ1n) is 19.8. The average Bonchev–Trinajstić information content (AvgIpc) is 3.71. The first kappa shape index (κ1) is 33.4. The quantitative estimate of drug-likeness (QED) is 0.172. The largest absolute Gasteiger partial charge is 0.228 e. The maximum absolute atomic E-state index is 5.36. The van der Waals surface area contributed by atoms with Crippen molar-refractivity contribution in [2.24, 2.45) is 17.8 Å². The van der Waals surface area contributed by atoms with Gasteiger partial charge in [-0.15, -0.1) is 0 Å². The Labute approximate surface area is 325 Å². The van der Waals surface area contributed by atoms with E-state index in [4.69, 9.17) is 9.97 Å². The molecule has 0 saturated heterocycles. The molecule has 7 aromatic rings. The minimum Gasteiger partial charge on any atom is -0.228 e. The van der Waals surface area contributed by atoms with Crippen molar-refractivity contribution >= 4 is 5.57 Å². The van der Waals surface area contributed by atoms with Gasteiger partial charge in [0.25, 0.3) is 0 Å². The molecule has 1 heterocycles. The van der Waals surface area contributed by atoms with E-state index in [1.165, 1.54) is 55.6 Å². The number of hydrogen-bond acceptors (Lipinski definition) is 2. The lowest BCUT2D eigenvalue weighted by molar-refractivity contribution is 0.456. The van der Waals surface area contributed by atoms with E-state index in [0.29, 0.717) is 17.8 Å². The minimum absolute atomic E-state index is 0.419. The topological polar surface area (TPSA) is 25.8 Å². The molecule has 2 heteroatoms. The summed E-state index contributed by atoms with van der Waals surface area (Å²) in [5, 5.41) is 0. The molecule has 10 rings (SSSR count). The van der Waals surface area contributed by atoms with E-state index >= 15 is 0 Å². The molecule has 1 unspecified atom stereocenters. The van der Waals surface area contributed by atoms with Crippen molar-refractivity contribution in [2.75, 3.05) is 0 Å². The Kier molecular flexibility index (Phi) is 7.92. The predicted octanol–water partition coefficient (Wildman–Crippen LogP) is 13.5. The van der Waals surface area contributed by atoms with Gasteiger partial charge in [0.15, 0.2) is 5.82 Å². The third-order valence-electron chi connectivity index (χ3n) is 12.4. The van der Waals surface area contributed by atoms with Crippen molar-refractivity contribution in [1.29, 1.82) is 0 Å². The van der Waals surface area contributed by atoms with Crippen LogP contribution in [0.2, 0.25) is 0 Å². The predicted molar refractivity (Wildman–Crippen MR) is 228 cm³/mol. The zero-order valence-electron chi connectivity index (χ0n) is 31.9. The normalized spacial score (nSPS) is 16.1. The van der Waals surface area contributed by atoms with Crippen molar-refractivity contribution in [3.63, 3.8) is 0 Å². The standard InChI is InChI=1S/C53H44N2/c1-33(2)38-26-28-40(45(30-38)34(3)4)35-22-24-37(25-23-35)51-32-50(36-14-6-5-7-15-36)54-52(55-51)39-27-29-44-43-18-10-13-21-48(43)53(49(44)31-39)46-19-11-8-16-41(46)42-17-9-12-20-47(42)53/h5-29,31-34,45H,30H2,1-4H3. The number of nitrogens with zero attached hydrogens (tertiary/aromatic N) is 2. The Morgan fingerprint density at radius 2 is 0.964 bits per heavy atom. The second-order valence-electron chi connectivity index (χ2n) is 16.1. The molecule has 0 fully saturated rings. The highest BCUT2D eigenvalue weighted by molar-refractivity contribution is 5.95. The average molecular weight is 709 g/mol. The molecule has 0 radical (unpaired) electrons. The fourth-order valence-corrected chi connectivity index (χ4v) is 9.63. The van der Waals surface area contributed by atoms with Crippen molar-refractivity contribution in [1.82, 2.24) is 9.97 Å². The molecule has 0 saturated carbocycles. The van der Waals surface area contributed by atoms with Crippen LogP contribution in [0.3, 0.4) is 0 Å². The smallest absolute Gasteiger partial charge is 0.160 e. The molecule has 1 atom stereocenters. The molecule has 55 heavy (non-hydrogen) atoms. The summed E-state index contributed by atoms with van der Waals surface area (Å²) < 4.78 is 0. The Balaban J connectivity index is 1.13. The molecule has 0 bridgehead atoms. The summed E-state index contributed by atoms with van der Waals surface area (Å²) >= 11 is 0. The zero-order chi connectivity index (χ0) is 37.3. The first-order chi connectivity index (χ1) is 26.9. The van der Waals surface area contributed by atoms with Gasteiger partial charge in [-0.2, -0.15) is 0 Å². The molecule has 3 aliphatic carbocycles. The Bertz CT molecular complexity index is 2610. The van der Waals surface area contributed by atoms with E-state index in [9.17, 15) is 0 Å². The van der Waals surface area contributed by atoms with Crippen molar-refractivity contribution in [3.8, 4) is 56.2 Å². The van der Waals surface area contributed by atoms with Crippen LogP contribution < -0.4 is 0 Å². The maximum Gasteiger partial charge on any atom is 0.160 e. The number of benzene rings is 6. The Morgan fingerprint density at radius 3 is 1.53 bits per heavy atom. The lowest BCUT2D eigenvalue weighted by atomic mass is 9.70. The molecule has 6 aromatic carbocycles. The van der Waals surface area contributed by atoms with Crippen LogP contribution in [-0.4, -0.2) is 9.97 Å². The van der Waals surface area contributed by atoms with E-state index in [-0.39, 0.29) is 0 Å². The Hall–Kier alpha value is -6.12. The third-order valence-corrected chi connectivity index (χ3v) is 12.4. The summed E-state index contributed by atoms with van der Waals surface area (Å²) in [7, 11) is 0. The summed E-state index contributed by atoms with van der Waals surface area (Å²) in [6, 6.07) is 55.5. The molecular weight excluding hydrogens is 665 g/mol. The van der Waals surface area contributed by atoms with Crippen LogP contribution in [0.4, 0.5) is 0 Å². The maximum atomic E-state index is 5.36. The SMILES string of the molecule is CC(C)C1=CC=C(c2ccc(-c3cc(-c4ccccc4)nc(-c4ccc5c(c4)C4(c6ccccc6-c6ccccc64)c4ccccc4-5)n3)cc2)C(C(C)C)C1. The zero-order valence-corrected chi connectivity index (χ0v) is 31.9. The summed E-state index contributed by atoms with van der Waals surface area (Å²) in [6.45, 7) is 9.33. The van der Waals surface area contributed by atoms with Crippen LogP contribution in [0.5, 0.6) is 0 Å². The molecule has 266 valence electrons. The van der Waals surface area contributed by atoms with E-state index < -0.39 is 5.41 Å². The molecule has 2 nitrogen and oxygen atoms in total. The van der Waals surface area contributed by atoms with Crippen LogP contribution in [0.15, 0.2) is 169 Å². The van der Waals surface area contributed by atoms with Crippen LogP contribution >= 0.6 is 0 Å². The number of rotatable bonds is 6. The number of aromatic nitrogens is 2. The van der Waals surface area contributed by atoms with Crippen LogP contribution in [0.25, 0.3) is 61.7 Å². The van der Waals surface area contributed by atoms with Crippen molar-refractivity contribution in [3.05, 3.63) is 197 Å². The molecule has 3 aliphatic rings. The van der Waals surface area contributed by atoms with Gasteiger partial charge in [-0.05, 0) is 92.0 Å². The van der Waals surface area contributed by atoms with Gasteiger partial charge in [0.05, 0.1) is 16.8 Å². The summed E-state index contributed by atoms with van der Waals surface area (Å²) in [6.07, 6.45) is 5.86. The van der Waals surface area contributed by atoms with Gasteiger partial charge in [-0.25, -0.2) is 9.97 Å². The van der Waals surface area contributed by atoms with Gasteiger partial charge >= 0.3 is 0 Å². The Morgan fingerprint density at radius 1 is 0.473 bits per heavy atom. The molecule has 1 aromatic heterocycles. The monoisotopic (exact) mass is 708 g/mol. The summed E-state index contributed by atoms with van der Waals surface area (Å²) in [4.78, 5) is 10.6. The van der Waals surface area contributed by atoms with E-state index in [2.05, 4.69) is 192 Å².